The van der Waals surface area contributed by atoms with E-state index in [1.54, 1.807) is 12.1 Å². The van der Waals surface area contributed by atoms with Crippen molar-refractivity contribution in [3.05, 3.63) is 59.0 Å². The largest absolute Gasteiger partial charge is 0.455 e. The summed E-state index contributed by atoms with van der Waals surface area (Å²) in [5, 5.41) is 0. The lowest BCUT2D eigenvalue weighted by Crippen LogP contribution is -2.38. The molecule has 3 rings (SSSR count). The first-order valence-electron chi connectivity index (χ1n) is 6.88. The highest BCUT2D eigenvalue weighted by Gasteiger charge is 2.29. The van der Waals surface area contributed by atoms with Crippen molar-refractivity contribution >= 4 is 5.91 Å². The molecule has 0 aliphatic carbocycles. The summed E-state index contributed by atoms with van der Waals surface area (Å²) in [5.74, 6) is 0.946. The van der Waals surface area contributed by atoms with Crippen LogP contribution < -0.4 is 5.73 Å². The molecule has 1 aromatic carbocycles. The Morgan fingerprint density at radius 3 is 2.90 bits per heavy atom. The molecule has 1 aliphatic rings. The average Bonchev–Trinajstić information content (AvgIpc) is 2.96. The number of hydrogen-bond donors (Lipinski definition) is 1. The summed E-state index contributed by atoms with van der Waals surface area (Å²) >= 11 is 0. The monoisotopic (exact) mass is 270 g/mol. The van der Waals surface area contributed by atoms with Crippen molar-refractivity contribution in [2.75, 3.05) is 6.54 Å². The summed E-state index contributed by atoms with van der Waals surface area (Å²) in [6.45, 7) is 3.09. The van der Waals surface area contributed by atoms with E-state index in [1.807, 2.05) is 17.0 Å². The Morgan fingerprint density at radius 1 is 1.35 bits per heavy atom. The number of carbonyl (C=O) groups excluding carboxylic acids is 1. The van der Waals surface area contributed by atoms with Gasteiger partial charge in [0.15, 0.2) is 5.76 Å². The lowest BCUT2D eigenvalue weighted by Gasteiger charge is -2.34. The fourth-order valence-corrected chi connectivity index (χ4v) is 2.79. The van der Waals surface area contributed by atoms with Crippen LogP contribution >= 0.6 is 0 Å². The Balaban J connectivity index is 1.86. The summed E-state index contributed by atoms with van der Waals surface area (Å²) in [7, 11) is 0. The van der Waals surface area contributed by atoms with Crippen LogP contribution in [-0.2, 0) is 13.0 Å². The SMILES string of the molecule is C[C@H]1c2ccccc2CCN1C(=O)c1ccc(CN)o1. The highest BCUT2D eigenvalue weighted by atomic mass is 16.4. The molecule has 1 atom stereocenters. The standard InChI is InChI=1S/C16H18N2O2/c1-11-14-5-3-2-4-12(14)8-9-18(11)16(19)15-7-6-13(10-17)20-15/h2-7,11H,8-10,17H2,1H3/t11-/m0/s1. The van der Waals surface area contributed by atoms with E-state index in [1.165, 1.54) is 11.1 Å². The topological polar surface area (TPSA) is 59.5 Å². The van der Waals surface area contributed by atoms with E-state index in [0.717, 1.165) is 13.0 Å². The lowest BCUT2D eigenvalue weighted by molar-refractivity contribution is 0.0643. The highest BCUT2D eigenvalue weighted by molar-refractivity contribution is 5.92. The summed E-state index contributed by atoms with van der Waals surface area (Å²) in [4.78, 5) is 14.4. The Bertz CT molecular complexity index is 633. The van der Waals surface area contributed by atoms with Gasteiger partial charge in [-0.2, -0.15) is 0 Å². The van der Waals surface area contributed by atoms with Crippen LogP contribution in [0.5, 0.6) is 0 Å². The van der Waals surface area contributed by atoms with Gasteiger partial charge in [0.25, 0.3) is 5.91 Å². The molecule has 4 heteroatoms. The molecular formula is C16H18N2O2. The molecule has 0 bridgehead atoms. The molecule has 2 N–H and O–H groups in total. The normalized spacial score (nSPS) is 17.9. The van der Waals surface area contributed by atoms with Gasteiger partial charge in [0.05, 0.1) is 12.6 Å². The number of nitrogens with two attached hydrogens (primary N) is 1. The van der Waals surface area contributed by atoms with E-state index in [0.29, 0.717) is 18.1 Å². The minimum atomic E-state index is -0.0632. The summed E-state index contributed by atoms with van der Waals surface area (Å²) < 4.78 is 5.47. The molecule has 20 heavy (non-hydrogen) atoms. The minimum Gasteiger partial charge on any atom is -0.455 e. The second-order valence-corrected chi connectivity index (χ2v) is 5.09. The summed E-state index contributed by atoms with van der Waals surface area (Å²) in [6, 6.07) is 11.8. The third kappa shape index (κ3) is 2.12. The lowest BCUT2D eigenvalue weighted by atomic mass is 9.93. The van der Waals surface area contributed by atoms with Gasteiger partial charge in [-0.15, -0.1) is 0 Å². The van der Waals surface area contributed by atoms with Gasteiger partial charge in [-0.1, -0.05) is 24.3 Å². The van der Waals surface area contributed by atoms with Gasteiger partial charge < -0.3 is 15.1 Å². The second kappa shape index (κ2) is 5.13. The number of fused-ring (bicyclic) bond motifs is 1. The third-order valence-electron chi connectivity index (χ3n) is 3.93. The van der Waals surface area contributed by atoms with Gasteiger partial charge in [0, 0.05) is 6.54 Å². The Morgan fingerprint density at radius 2 is 2.15 bits per heavy atom. The fourth-order valence-electron chi connectivity index (χ4n) is 2.79. The van der Waals surface area contributed by atoms with Crippen molar-refractivity contribution in [1.82, 2.24) is 4.90 Å². The van der Waals surface area contributed by atoms with Gasteiger partial charge in [0.1, 0.15) is 5.76 Å². The number of amides is 1. The Kier molecular flexibility index (Phi) is 3.32. The molecule has 0 saturated carbocycles. The van der Waals surface area contributed by atoms with Crippen molar-refractivity contribution in [2.45, 2.75) is 25.9 Å². The van der Waals surface area contributed by atoms with Gasteiger partial charge in [-0.3, -0.25) is 4.79 Å². The van der Waals surface area contributed by atoms with Crippen LogP contribution in [0.1, 0.15) is 40.4 Å². The van der Waals surface area contributed by atoms with Crippen LogP contribution in [0, 0.1) is 0 Å². The van der Waals surface area contributed by atoms with E-state index >= 15 is 0 Å². The molecule has 0 radical (unpaired) electrons. The number of benzene rings is 1. The number of furan rings is 1. The first kappa shape index (κ1) is 12.9. The number of carbonyl (C=O) groups is 1. The van der Waals surface area contributed by atoms with Gasteiger partial charge in [-0.05, 0) is 36.6 Å². The molecular weight excluding hydrogens is 252 g/mol. The molecule has 1 aromatic heterocycles. The van der Waals surface area contributed by atoms with E-state index in [-0.39, 0.29) is 11.9 Å². The van der Waals surface area contributed by atoms with Crippen molar-refractivity contribution in [1.29, 1.82) is 0 Å². The van der Waals surface area contributed by atoms with Crippen LogP contribution in [0.2, 0.25) is 0 Å². The fraction of sp³-hybridized carbons (Fsp3) is 0.312. The smallest absolute Gasteiger partial charge is 0.290 e. The molecule has 2 heterocycles. The zero-order chi connectivity index (χ0) is 14.1. The van der Waals surface area contributed by atoms with Crippen LogP contribution in [0.15, 0.2) is 40.8 Å². The molecule has 2 aromatic rings. The van der Waals surface area contributed by atoms with Crippen LogP contribution in [0.25, 0.3) is 0 Å². The molecule has 1 aliphatic heterocycles. The molecule has 0 unspecified atom stereocenters. The maximum absolute atomic E-state index is 12.5. The van der Waals surface area contributed by atoms with E-state index in [9.17, 15) is 4.79 Å². The highest BCUT2D eigenvalue weighted by Crippen LogP contribution is 2.30. The zero-order valence-corrected chi connectivity index (χ0v) is 11.5. The predicted octanol–water partition coefficient (Wildman–Crippen LogP) is 2.50. The quantitative estimate of drug-likeness (QED) is 0.912. The van der Waals surface area contributed by atoms with Gasteiger partial charge in [-0.25, -0.2) is 0 Å². The van der Waals surface area contributed by atoms with E-state index < -0.39 is 0 Å². The maximum Gasteiger partial charge on any atom is 0.290 e. The summed E-state index contributed by atoms with van der Waals surface area (Å²) in [6.07, 6.45) is 0.886. The van der Waals surface area contributed by atoms with Crippen LogP contribution in [0.4, 0.5) is 0 Å². The molecule has 4 nitrogen and oxygen atoms in total. The maximum atomic E-state index is 12.5. The summed E-state index contributed by atoms with van der Waals surface area (Å²) in [5.41, 5.74) is 8.06. The molecule has 104 valence electrons. The van der Waals surface area contributed by atoms with Crippen molar-refractivity contribution < 1.29 is 9.21 Å². The molecule has 0 saturated heterocycles. The molecule has 0 spiro atoms. The molecule has 1 amide bonds. The predicted molar refractivity (Wildman–Crippen MR) is 76.2 cm³/mol. The number of nitrogens with zero attached hydrogens (tertiary/aromatic N) is 1. The third-order valence-corrected chi connectivity index (χ3v) is 3.93. The Hall–Kier alpha value is -2.07. The average molecular weight is 270 g/mol. The number of rotatable bonds is 2. The van der Waals surface area contributed by atoms with E-state index in [4.69, 9.17) is 10.2 Å². The van der Waals surface area contributed by atoms with Crippen molar-refractivity contribution in [3.8, 4) is 0 Å². The Labute approximate surface area is 118 Å². The van der Waals surface area contributed by atoms with Crippen LogP contribution in [0.3, 0.4) is 0 Å². The van der Waals surface area contributed by atoms with E-state index in [2.05, 4.69) is 19.1 Å². The zero-order valence-electron chi connectivity index (χ0n) is 11.5. The second-order valence-electron chi connectivity index (χ2n) is 5.09. The first-order chi connectivity index (χ1) is 9.70. The molecule has 0 fully saturated rings. The van der Waals surface area contributed by atoms with Gasteiger partial charge >= 0.3 is 0 Å². The number of hydrogen-bond acceptors (Lipinski definition) is 3. The van der Waals surface area contributed by atoms with Crippen molar-refractivity contribution in [3.63, 3.8) is 0 Å². The van der Waals surface area contributed by atoms with Gasteiger partial charge in [0.2, 0.25) is 0 Å². The van der Waals surface area contributed by atoms with Crippen LogP contribution in [-0.4, -0.2) is 17.4 Å². The minimum absolute atomic E-state index is 0.0632. The van der Waals surface area contributed by atoms with Crippen molar-refractivity contribution in [2.24, 2.45) is 5.73 Å². The first-order valence-corrected chi connectivity index (χ1v) is 6.88.